The second-order valence-corrected chi connectivity index (χ2v) is 32.9. The number of hydrogen-bond donors (Lipinski definition) is 5. The summed E-state index contributed by atoms with van der Waals surface area (Å²) in [5.41, 5.74) is 4.44. The van der Waals surface area contributed by atoms with Gasteiger partial charge in [0.05, 0.1) is 34.6 Å². The number of ether oxygens (including phenoxy) is 5. The molecule has 478 valence electrons. The number of ketones is 2. The number of unbranched alkanes of at least 4 members (excludes halogenated alkanes) is 2. The molecule has 89 heavy (non-hydrogen) atoms. The molecule has 7 fully saturated rings. The number of allylic oxidation sites excluding steroid dienone is 2. The third-order valence-corrected chi connectivity index (χ3v) is 29.0. The second-order valence-electron chi connectivity index (χ2n) is 27.3. The molecule has 17 rings (SSSR count). The Balaban J connectivity index is 0.000000110. The van der Waals surface area contributed by atoms with Crippen molar-refractivity contribution in [1.82, 2.24) is 14.7 Å². The maximum atomic E-state index is 13.0. The molecule has 14 aliphatic rings. The summed E-state index contributed by atoms with van der Waals surface area (Å²) in [6.07, 6.45) is 18.6. The van der Waals surface area contributed by atoms with E-state index >= 15 is 0 Å². The number of phenols is 2. The highest BCUT2D eigenvalue weighted by Gasteiger charge is 2.74. The van der Waals surface area contributed by atoms with Gasteiger partial charge in [-0.1, -0.05) is 80.3 Å². The average Bonchev–Trinajstić information content (AvgIpc) is 1.63. The van der Waals surface area contributed by atoms with E-state index < -0.39 is 40.2 Å². The van der Waals surface area contributed by atoms with Crippen molar-refractivity contribution in [2.45, 2.75) is 203 Å². The molecule has 21 heteroatoms. The lowest BCUT2D eigenvalue weighted by molar-refractivity contribution is -0.185. The molecule has 0 amide bonds. The number of likely N-dealkylation sites (tertiary alicyclic amines) is 3. The van der Waals surface area contributed by atoms with Crippen LogP contribution in [0.3, 0.4) is 0 Å². The first-order valence-corrected chi connectivity index (χ1v) is 37.1. The van der Waals surface area contributed by atoms with Crippen molar-refractivity contribution in [2.24, 2.45) is 0 Å². The van der Waals surface area contributed by atoms with Crippen molar-refractivity contribution in [2.75, 3.05) is 59.4 Å². The highest BCUT2D eigenvalue weighted by molar-refractivity contribution is 8.77. The van der Waals surface area contributed by atoms with E-state index in [2.05, 4.69) is 40.9 Å². The van der Waals surface area contributed by atoms with Crippen molar-refractivity contribution in [3.63, 3.8) is 0 Å². The van der Waals surface area contributed by atoms with E-state index in [4.69, 9.17) is 28.8 Å². The molecule has 5 N–H and O–H groups in total. The van der Waals surface area contributed by atoms with E-state index in [1.54, 1.807) is 19.2 Å². The van der Waals surface area contributed by atoms with E-state index in [0.29, 0.717) is 86.8 Å². The van der Waals surface area contributed by atoms with Gasteiger partial charge in [-0.2, -0.15) is 0 Å². The number of carboxylic acids is 1. The van der Waals surface area contributed by atoms with Gasteiger partial charge in [-0.05, 0) is 177 Å². The molecule has 3 aromatic carbocycles. The summed E-state index contributed by atoms with van der Waals surface area (Å²) in [4.78, 5) is 55.3. The molecule has 0 radical (unpaired) electrons. The van der Waals surface area contributed by atoms with Gasteiger partial charge in [0.1, 0.15) is 5.76 Å². The Morgan fingerprint density at radius 1 is 0.618 bits per heavy atom. The van der Waals surface area contributed by atoms with Crippen LogP contribution in [0.4, 0.5) is 0 Å². The van der Waals surface area contributed by atoms with Crippen LogP contribution in [0.15, 0.2) is 59.9 Å². The number of hydrogen-bond acceptors (Lipinski definition) is 20. The van der Waals surface area contributed by atoms with Gasteiger partial charge >= 0.3 is 11.9 Å². The molecule has 6 aliphatic carbocycles. The fraction of sp³-hybridized carbons (Fsp3) is 0.618. The van der Waals surface area contributed by atoms with Gasteiger partial charge in [-0.3, -0.25) is 24.1 Å². The lowest BCUT2D eigenvalue weighted by Gasteiger charge is -2.62. The highest BCUT2D eigenvalue weighted by Crippen LogP contribution is 2.67. The predicted molar refractivity (Wildman–Crippen MR) is 344 cm³/mol. The molecule has 0 aromatic heterocycles. The Hall–Kier alpha value is -4.58. The van der Waals surface area contributed by atoms with Gasteiger partial charge in [0.15, 0.2) is 64.4 Å². The number of likely N-dealkylation sites (N-methyl/N-ethyl adjacent to an activating group) is 3. The zero-order valence-electron chi connectivity index (χ0n) is 51.3. The lowest BCUT2D eigenvalue weighted by Crippen LogP contribution is -2.76. The van der Waals surface area contributed by atoms with Crippen LogP contribution < -0.4 is 18.9 Å². The van der Waals surface area contributed by atoms with Crippen LogP contribution in [-0.4, -0.2) is 181 Å². The number of aliphatic carboxylic acids is 1. The summed E-state index contributed by atoms with van der Waals surface area (Å²) < 4.78 is 29.9. The van der Waals surface area contributed by atoms with Crippen molar-refractivity contribution in [3.05, 3.63) is 93.3 Å². The Kier molecular flexibility index (Phi) is 16.5. The van der Waals surface area contributed by atoms with Crippen molar-refractivity contribution >= 4 is 66.7 Å². The zero-order chi connectivity index (χ0) is 61.9. The van der Waals surface area contributed by atoms with Crippen LogP contribution in [0.1, 0.15) is 143 Å². The largest absolute Gasteiger partial charge is 0.504 e. The SMILES string of the molecule is CN1CC[C@]23c4c5ccc(O)c4O[C@H]2C(=O)CC[C@@]3(O)[C@H]1C5.CN1CC[C@]23c4c5ccc(OC(=O)CCCCC6CCSS6)c4O[C@H]2C(=O)CC[C@@]3(O)[C@H]1C5.COC1=CC=C2[C@H]3Cc4ccc(O)c5c4[C@@]2(CCN3C)[C@H]1O5.O=C(O)CCCCC1CCSS1. The number of phenolic OH excluding ortho intramolecular Hbond substituents is 2. The third-order valence-electron chi connectivity index (χ3n) is 23.0. The first-order chi connectivity index (χ1) is 42.9. The summed E-state index contributed by atoms with van der Waals surface area (Å²) in [6.45, 7) is 2.67. The summed E-state index contributed by atoms with van der Waals surface area (Å²) in [6, 6.07) is 11.6. The number of carbonyl (C=O) groups excluding carboxylic acids is 3. The number of benzene rings is 3. The van der Waals surface area contributed by atoms with Gasteiger partial charge in [-0.15, -0.1) is 0 Å². The summed E-state index contributed by atoms with van der Waals surface area (Å²) >= 11 is 0. The molecular weight excluding hydrogens is 1210 g/mol. The number of methoxy groups -OCH3 is 1. The molecule has 17 nitrogen and oxygen atoms in total. The van der Waals surface area contributed by atoms with E-state index in [9.17, 15) is 39.6 Å². The first-order valence-electron chi connectivity index (χ1n) is 32.3. The number of aromatic hydroxyl groups is 2. The number of carbonyl (C=O) groups is 4. The monoisotopic (exact) mass is 1290 g/mol. The van der Waals surface area contributed by atoms with Crippen LogP contribution in [0, 0.1) is 0 Å². The van der Waals surface area contributed by atoms with Crippen LogP contribution in [0.5, 0.6) is 34.5 Å². The Bertz CT molecular complexity index is 3430. The van der Waals surface area contributed by atoms with Gasteiger partial charge in [-0.25, -0.2) is 0 Å². The van der Waals surface area contributed by atoms with E-state index in [0.717, 1.165) is 110 Å². The number of Topliss-reactive ketones (excluding diaryl/α,β-unsaturated/α-hetero) is 2. The smallest absolute Gasteiger partial charge is 0.311 e. The Morgan fingerprint density at radius 3 is 1.70 bits per heavy atom. The number of aliphatic hydroxyl groups is 2. The quantitative estimate of drug-likeness (QED) is 0.0493. The molecular formula is C68H83N3O14S4. The number of nitrogens with zero attached hydrogens (tertiary/aromatic N) is 3. The van der Waals surface area contributed by atoms with E-state index in [1.807, 2.05) is 74.5 Å². The Labute approximate surface area is 536 Å². The minimum atomic E-state index is -1.00. The molecule has 2 unspecified atom stereocenters. The number of rotatable bonds is 12. The Morgan fingerprint density at radius 2 is 1.13 bits per heavy atom. The van der Waals surface area contributed by atoms with E-state index in [-0.39, 0.29) is 52.6 Å². The number of esters is 1. The minimum Gasteiger partial charge on any atom is -0.504 e. The van der Waals surface area contributed by atoms with Crippen LogP contribution in [-0.2, 0) is 59.4 Å². The lowest BCUT2D eigenvalue weighted by atomic mass is 9.49. The maximum absolute atomic E-state index is 13.0. The van der Waals surface area contributed by atoms with Gasteiger partial charge < -0.3 is 59.0 Å². The first kappa shape index (κ1) is 61.9. The van der Waals surface area contributed by atoms with Gasteiger partial charge in [0.2, 0.25) is 0 Å². The third kappa shape index (κ3) is 9.65. The van der Waals surface area contributed by atoms with Crippen LogP contribution in [0.2, 0.25) is 0 Å². The average molecular weight is 1290 g/mol. The summed E-state index contributed by atoms with van der Waals surface area (Å²) in [5.74, 6) is 4.88. The van der Waals surface area contributed by atoms with Crippen LogP contribution >= 0.6 is 43.2 Å². The van der Waals surface area contributed by atoms with Crippen LogP contribution in [0.25, 0.3) is 0 Å². The van der Waals surface area contributed by atoms with Gasteiger partial charge in [0.25, 0.3) is 0 Å². The molecule has 2 saturated carbocycles. The fourth-order valence-electron chi connectivity index (χ4n) is 18.7. The molecule has 5 saturated heterocycles. The van der Waals surface area contributed by atoms with Gasteiger partial charge in [0, 0.05) is 82.5 Å². The molecule has 6 bridgehead atoms. The molecule has 3 spiro atoms. The van der Waals surface area contributed by atoms with Crippen molar-refractivity contribution < 1.29 is 68.4 Å². The van der Waals surface area contributed by atoms with Crippen molar-refractivity contribution in [1.29, 1.82) is 0 Å². The topological polar surface area (TPSA) is 225 Å². The molecule has 8 heterocycles. The summed E-state index contributed by atoms with van der Waals surface area (Å²) in [7, 11) is 15.8. The molecule has 3 aromatic rings. The number of piperidine rings is 3. The predicted octanol–water partition coefficient (Wildman–Crippen LogP) is 9.31. The highest BCUT2D eigenvalue weighted by atomic mass is 33.1. The molecule has 13 atom stereocenters. The minimum absolute atomic E-state index is 0.00319. The standard InChI is InChI=1S/C25H31NO5S2.C18H19NO3.C17H19NO4.C8H14O2S2/c1-26-12-11-24-21-15-6-7-18(30-20(28)5-3-2-4-16-9-13-32-33-16)22(21)31-23(24)17(27)8-10-25(24,29)19(26)14-15;1-19-8-7-18-11-4-6-14(21-2)17(18)22-16-13(20)5-3-10(15(16)18)9-12(11)19;1-18-7-6-16-13-9-2-3-10(19)14(13)22-15(16)11(20)4-5-17(16,21)12(18)8-9;9-8(10)4-2-1-3-7-5-6-11-12-7/h6-7,16,19,23,29H,2-5,8-14H2,1H3;3-6,12,17,20H,7-9H2,1-2H3;2-3,12,15,19,21H,4-8H2,1H3;7H,1-6H2,(H,9,10)/t16?,19-,23+,24+,25-;12-,17+,18+;12-,15+,16+,17-;/m111./s1. The number of carboxylic acid groups (broad SMARTS) is 1. The maximum Gasteiger partial charge on any atom is 0.311 e. The van der Waals surface area contributed by atoms with E-state index in [1.165, 1.54) is 47.5 Å². The summed E-state index contributed by atoms with van der Waals surface area (Å²) in [5, 5.41) is 54.1. The second kappa shape index (κ2) is 23.8. The van der Waals surface area contributed by atoms with Crippen molar-refractivity contribution in [3.8, 4) is 34.5 Å². The molecule has 8 aliphatic heterocycles. The zero-order valence-corrected chi connectivity index (χ0v) is 54.6. The normalized spacial score (nSPS) is 35.5. The fourth-order valence-corrected chi connectivity index (χ4v) is 24.7.